The zero-order valence-electron chi connectivity index (χ0n) is 13.1. The summed E-state index contributed by atoms with van der Waals surface area (Å²) in [4.78, 5) is 2.46. The third-order valence-corrected chi connectivity index (χ3v) is 4.16. The van der Waals surface area contributed by atoms with Crippen molar-refractivity contribution in [2.75, 3.05) is 13.6 Å². The van der Waals surface area contributed by atoms with Gasteiger partial charge in [-0.2, -0.15) is 0 Å². The maximum Gasteiger partial charge on any atom is 0.0332 e. The molecule has 0 unspecified atom stereocenters. The van der Waals surface area contributed by atoms with Gasteiger partial charge in [-0.25, -0.2) is 0 Å². The molecule has 0 aliphatic carbocycles. The Kier molecular flexibility index (Phi) is 6.53. The number of aryl methyl sites for hydroxylation is 1. The van der Waals surface area contributed by atoms with Crippen LogP contribution in [0.2, 0.25) is 0 Å². The Hall–Kier alpha value is -0.860. The van der Waals surface area contributed by atoms with Crippen LogP contribution in [0.25, 0.3) is 0 Å². The van der Waals surface area contributed by atoms with E-state index in [-0.39, 0.29) is 5.54 Å². The van der Waals surface area contributed by atoms with Crippen LogP contribution in [0.15, 0.2) is 24.3 Å². The van der Waals surface area contributed by atoms with Gasteiger partial charge in [0.25, 0.3) is 0 Å². The molecule has 0 saturated heterocycles. The van der Waals surface area contributed by atoms with E-state index in [1.54, 1.807) is 0 Å². The molecule has 0 fully saturated rings. The fourth-order valence-electron chi connectivity index (χ4n) is 2.93. The summed E-state index contributed by atoms with van der Waals surface area (Å²) in [6.45, 7) is 8.36. The zero-order valence-corrected chi connectivity index (χ0v) is 13.1. The van der Waals surface area contributed by atoms with Gasteiger partial charge in [0, 0.05) is 18.6 Å². The molecule has 0 aliphatic heterocycles. The van der Waals surface area contributed by atoms with E-state index >= 15 is 0 Å². The molecule has 108 valence electrons. The van der Waals surface area contributed by atoms with Crippen molar-refractivity contribution in [2.45, 2.75) is 58.5 Å². The third kappa shape index (κ3) is 4.32. The molecular weight excluding hydrogens is 232 g/mol. The first kappa shape index (κ1) is 16.2. The summed E-state index contributed by atoms with van der Waals surface area (Å²) in [5.74, 6) is 0. The van der Waals surface area contributed by atoms with Crippen molar-refractivity contribution in [1.29, 1.82) is 0 Å². The summed E-state index contributed by atoms with van der Waals surface area (Å²) in [6.07, 6.45) is 4.74. The standard InChI is InChI=1S/C17H30N2/c1-5-11-17(14-18,12-6-2)19(4)13-16-9-7-15(3)8-10-16/h7-10H,5-6,11-14,18H2,1-4H3. The van der Waals surface area contributed by atoms with Crippen LogP contribution in [0, 0.1) is 6.92 Å². The van der Waals surface area contributed by atoms with Gasteiger partial charge in [-0.15, -0.1) is 0 Å². The van der Waals surface area contributed by atoms with Gasteiger partial charge in [0.05, 0.1) is 0 Å². The maximum absolute atomic E-state index is 6.12. The molecule has 0 bridgehead atoms. The Labute approximate surface area is 119 Å². The summed E-state index contributed by atoms with van der Waals surface area (Å²) in [5, 5.41) is 0. The number of rotatable bonds is 8. The number of nitrogens with two attached hydrogens (primary N) is 1. The number of hydrogen-bond acceptors (Lipinski definition) is 2. The van der Waals surface area contributed by atoms with Crippen molar-refractivity contribution in [3.05, 3.63) is 35.4 Å². The minimum Gasteiger partial charge on any atom is -0.329 e. The smallest absolute Gasteiger partial charge is 0.0332 e. The molecule has 0 radical (unpaired) electrons. The summed E-state index contributed by atoms with van der Waals surface area (Å²) in [5.41, 5.74) is 8.97. The number of benzene rings is 1. The highest BCUT2D eigenvalue weighted by Crippen LogP contribution is 2.26. The summed E-state index contributed by atoms with van der Waals surface area (Å²) in [6, 6.07) is 8.83. The van der Waals surface area contributed by atoms with Gasteiger partial charge in [0.15, 0.2) is 0 Å². The van der Waals surface area contributed by atoms with Crippen LogP contribution in [0.3, 0.4) is 0 Å². The van der Waals surface area contributed by atoms with Crippen LogP contribution < -0.4 is 5.73 Å². The fraction of sp³-hybridized carbons (Fsp3) is 0.647. The fourth-order valence-corrected chi connectivity index (χ4v) is 2.93. The lowest BCUT2D eigenvalue weighted by molar-refractivity contribution is 0.0955. The molecule has 0 aromatic heterocycles. The van der Waals surface area contributed by atoms with Crippen molar-refractivity contribution in [3.8, 4) is 0 Å². The van der Waals surface area contributed by atoms with Crippen molar-refractivity contribution in [3.63, 3.8) is 0 Å². The molecule has 0 aliphatic rings. The summed E-state index contributed by atoms with van der Waals surface area (Å²) >= 11 is 0. The molecule has 0 amide bonds. The maximum atomic E-state index is 6.12. The highest BCUT2D eigenvalue weighted by atomic mass is 15.2. The molecule has 19 heavy (non-hydrogen) atoms. The zero-order chi connectivity index (χ0) is 14.3. The highest BCUT2D eigenvalue weighted by molar-refractivity contribution is 5.21. The molecule has 2 N–H and O–H groups in total. The Morgan fingerprint density at radius 3 is 2.00 bits per heavy atom. The van der Waals surface area contributed by atoms with Crippen LogP contribution in [0.1, 0.15) is 50.7 Å². The van der Waals surface area contributed by atoms with E-state index in [0.717, 1.165) is 13.1 Å². The van der Waals surface area contributed by atoms with Crippen molar-refractivity contribution >= 4 is 0 Å². The van der Waals surface area contributed by atoms with E-state index in [9.17, 15) is 0 Å². The van der Waals surface area contributed by atoms with E-state index < -0.39 is 0 Å². The Bertz CT molecular complexity index is 350. The molecule has 2 nitrogen and oxygen atoms in total. The topological polar surface area (TPSA) is 29.3 Å². The summed E-state index contributed by atoms with van der Waals surface area (Å²) < 4.78 is 0. The molecule has 0 atom stereocenters. The third-order valence-electron chi connectivity index (χ3n) is 4.16. The van der Waals surface area contributed by atoms with Gasteiger partial charge < -0.3 is 5.73 Å². The number of hydrogen-bond donors (Lipinski definition) is 1. The monoisotopic (exact) mass is 262 g/mol. The number of likely N-dealkylation sites (N-methyl/N-ethyl adjacent to an activating group) is 1. The molecular formula is C17H30N2. The Morgan fingerprint density at radius 2 is 1.58 bits per heavy atom. The minimum atomic E-state index is 0.161. The Balaban J connectivity index is 2.80. The molecule has 0 spiro atoms. The van der Waals surface area contributed by atoms with Gasteiger partial charge >= 0.3 is 0 Å². The quantitative estimate of drug-likeness (QED) is 0.773. The second-order valence-corrected chi connectivity index (χ2v) is 5.77. The van der Waals surface area contributed by atoms with Gasteiger partial charge in [0.2, 0.25) is 0 Å². The van der Waals surface area contributed by atoms with Crippen molar-refractivity contribution in [2.24, 2.45) is 5.73 Å². The van der Waals surface area contributed by atoms with Crippen LogP contribution >= 0.6 is 0 Å². The largest absolute Gasteiger partial charge is 0.329 e. The van der Waals surface area contributed by atoms with Gasteiger partial charge in [0.1, 0.15) is 0 Å². The van der Waals surface area contributed by atoms with Gasteiger partial charge in [-0.3, -0.25) is 4.90 Å². The summed E-state index contributed by atoms with van der Waals surface area (Å²) in [7, 11) is 2.22. The van der Waals surface area contributed by atoms with Crippen molar-refractivity contribution < 1.29 is 0 Å². The molecule has 2 heteroatoms. The van der Waals surface area contributed by atoms with E-state index in [1.165, 1.54) is 36.8 Å². The molecule has 1 rings (SSSR count). The minimum absolute atomic E-state index is 0.161. The predicted octanol–water partition coefficient (Wildman–Crippen LogP) is 3.72. The van der Waals surface area contributed by atoms with E-state index in [1.807, 2.05) is 0 Å². The van der Waals surface area contributed by atoms with Gasteiger partial charge in [-0.1, -0.05) is 56.5 Å². The van der Waals surface area contributed by atoms with Crippen LogP contribution in [0.5, 0.6) is 0 Å². The molecule has 1 aromatic rings. The second kappa shape index (κ2) is 7.66. The first-order valence-electron chi connectivity index (χ1n) is 7.55. The second-order valence-electron chi connectivity index (χ2n) is 5.77. The molecule has 1 aromatic carbocycles. The molecule has 0 saturated carbocycles. The average Bonchev–Trinajstić information content (AvgIpc) is 2.41. The number of nitrogens with zero attached hydrogens (tertiary/aromatic N) is 1. The van der Waals surface area contributed by atoms with E-state index in [0.29, 0.717) is 0 Å². The average molecular weight is 262 g/mol. The lowest BCUT2D eigenvalue weighted by atomic mass is 9.86. The van der Waals surface area contributed by atoms with Crippen LogP contribution in [0.4, 0.5) is 0 Å². The predicted molar refractivity (Wildman–Crippen MR) is 84.2 cm³/mol. The Morgan fingerprint density at radius 1 is 1.05 bits per heavy atom. The van der Waals surface area contributed by atoms with E-state index in [2.05, 4.69) is 57.0 Å². The van der Waals surface area contributed by atoms with Crippen LogP contribution in [-0.4, -0.2) is 24.0 Å². The van der Waals surface area contributed by atoms with E-state index in [4.69, 9.17) is 5.73 Å². The SMILES string of the molecule is CCCC(CN)(CCC)N(C)Cc1ccc(C)cc1. The van der Waals surface area contributed by atoms with Gasteiger partial charge in [-0.05, 0) is 32.4 Å². The lowest BCUT2D eigenvalue weighted by Crippen LogP contribution is -2.51. The normalized spacial score (nSPS) is 12.1. The highest BCUT2D eigenvalue weighted by Gasteiger charge is 2.31. The lowest BCUT2D eigenvalue weighted by Gasteiger charge is -2.41. The first-order chi connectivity index (χ1) is 9.07. The van der Waals surface area contributed by atoms with Crippen molar-refractivity contribution in [1.82, 2.24) is 4.90 Å². The molecule has 0 heterocycles. The first-order valence-corrected chi connectivity index (χ1v) is 7.55. The van der Waals surface area contributed by atoms with Crippen LogP contribution in [-0.2, 0) is 6.54 Å².